The molecular weight excluding hydrogens is 368 g/mol. The van der Waals surface area contributed by atoms with Crippen LogP contribution in [0, 0.1) is 13.8 Å². The van der Waals surface area contributed by atoms with Gasteiger partial charge < -0.3 is 10.6 Å². The summed E-state index contributed by atoms with van der Waals surface area (Å²) in [5, 5.41) is 6.96. The van der Waals surface area contributed by atoms with E-state index in [1.165, 1.54) is 22.3 Å². The molecule has 0 atom stereocenters. The van der Waals surface area contributed by atoms with E-state index in [0.717, 1.165) is 35.9 Å². The summed E-state index contributed by atoms with van der Waals surface area (Å²) < 4.78 is 0. The number of pyridine rings is 2. The molecule has 0 spiro atoms. The van der Waals surface area contributed by atoms with Crippen LogP contribution in [0.5, 0.6) is 0 Å². The lowest BCUT2D eigenvalue weighted by molar-refractivity contribution is 1.04. The van der Waals surface area contributed by atoms with Gasteiger partial charge in [-0.3, -0.25) is 9.97 Å². The fraction of sp³-hybridized carbons (Fsp3) is 0.154. The standard InChI is InChI=1S/C26H26N4/c1-19-15-21(9-11-25(19)29-17-23-7-3-5-13-27-23)22-10-12-26(20(2)16-22)30-18-24-8-4-6-14-28-24/h3-16,29-30H,17-18H2,1-2H3. The Labute approximate surface area is 178 Å². The van der Waals surface area contributed by atoms with E-state index < -0.39 is 0 Å². The maximum Gasteiger partial charge on any atom is 0.0594 e. The zero-order chi connectivity index (χ0) is 20.8. The molecule has 0 radical (unpaired) electrons. The minimum absolute atomic E-state index is 0.719. The monoisotopic (exact) mass is 394 g/mol. The van der Waals surface area contributed by atoms with Gasteiger partial charge in [-0.05, 0) is 84.6 Å². The summed E-state index contributed by atoms with van der Waals surface area (Å²) in [5.74, 6) is 0. The molecule has 2 aromatic carbocycles. The Bertz CT molecular complexity index is 1020. The molecule has 0 amide bonds. The molecule has 0 unspecified atom stereocenters. The Balaban J connectivity index is 1.44. The maximum absolute atomic E-state index is 4.37. The number of aromatic nitrogens is 2. The fourth-order valence-electron chi connectivity index (χ4n) is 3.46. The minimum Gasteiger partial charge on any atom is -0.379 e. The van der Waals surface area contributed by atoms with Crippen LogP contribution in [0.1, 0.15) is 22.5 Å². The van der Waals surface area contributed by atoms with Crippen molar-refractivity contribution in [2.24, 2.45) is 0 Å². The molecule has 0 aliphatic rings. The first-order valence-electron chi connectivity index (χ1n) is 10.2. The number of anilines is 2. The highest BCUT2D eigenvalue weighted by atomic mass is 14.9. The molecule has 0 saturated heterocycles. The first-order chi connectivity index (χ1) is 14.7. The van der Waals surface area contributed by atoms with Crippen molar-refractivity contribution in [1.82, 2.24) is 9.97 Å². The van der Waals surface area contributed by atoms with Crippen molar-refractivity contribution in [3.8, 4) is 11.1 Å². The predicted molar refractivity (Wildman–Crippen MR) is 124 cm³/mol. The van der Waals surface area contributed by atoms with Crippen molar-refractivity contribution in [3.63, 3.8) is 0 Å². The largest absolute Gasteiger partial charge is 0.379 e. The first-order valence-corrected chi connectivity index (χ1v) is 10.2. The van der Waals surface area contributed by atoms with Crippen LogP contribution in [0.4, 0.5) is 11.4 Å². The average molecular weight is 395 g/mol. The first kappa shape index (κ1) is 19.6. The summed E-state index contributed by atoms with van der Waals surface area (Å²) >= 11 is 0. The van der Waals surface area contributed by atoms with Gasteiger partial charge in [0.2, 0.25) is 0 Å². The van der Waals surface area contributed by atoms with Gasteiger partial charge in [-0.1, -0.05) is 24.3 Å². The third-order valence-corrected chi connectivity index (χ3v) is 5.16. The van der Waals surface area contributed by atoms with E-state index in [-0.39, 0.29) is 0 Å². The van der Waals surface area contributed by atoms with E-state index in [1.807, 2.05) is 48.8 Å². The lowest BCUT2D eigenvalue weighted by Gasteiger charge is -2.13. The molecule has 0 saturated carbocycles. The number of rotatable bonds is 7. The summed E-state index contributed by atoms with van der Waals surface area (Å²) in [6.07, 6.45) is 3.65. The van der Waals surface area contributed by atoms with E-state index in [9.17, 15) is 0 Å². The van der Waals surface area contributed by atoms with Gasteiger partial charge in [0, 0.05) is 23.8 Å². The molecule has 2 heterocycles. The molecule has 2 aromatic heterocycles. The normalized spacial score (nSPS) is 10.6. The van der Waals surface area contributed by atoms with Gasteiger partial charge >= 0.3 is 0 Å². The van der Waals surface area contributed by atoms with Crippen LogP contribution in [0.2, 0.25) is 0 Å². The number of nitrogens with zero attached hydrogens (tertiary/aromatic N) is 2. The molecule has 30 heavy (non-hydrogen) atoms. The van der Waals surface area contributed by atoms with Crippen molar-refractivity contribution in [1.29, 1.82) is 0 Å². The summed E-state index contributed by atoms with van der Waals surface area (Å²) in [6.45, 7) is 5.72. The molecule has 0 aliphatic heterocycles. The number of benzene rings is 2. The lowest BCUT2D eigenvalue weighted by Crippen LogP contribution is -2.03. The van der Waals surface area contributed by atoms with Crippen LogP contribution in [0.25, 0.3) is 11.1 Å². The van der Waals surface area contributed by atoms with Crippen molar-refractivity contribution in [2.75, 3.05) is 10.6 Å². The number of aryl methyl sites for hydroxylation is 2. The highest BCUT2D eigenvalue weighted by Crippen LogP contribution is 2.28. The van der Waals surface area contributed by atoms with E-state index in [2.05, 4.69) is 70.8 Å². The molecular formula is C26H26N4. The van der Waals surface area contributed by atoms with Crippen molar-refractivity contribution >= 4 is 11.4 Å². The molecule has 0 bridgehead atoms. The SMILES string of the molecule is Cc1cc(-c2ccc(NCc3ccccn3)c(C)c2)ccc1NCc1ccccn1. The van der Waals surface area contributed by atoms with Crippen LogP contribution >= 0.6 is 0 Å². The molecule has 150 valence electrons. The van der Waals surface area contributed by atoms with Crippen LogP contribution in [0.3, 0.4) is 0 Å². The highest BCUT2D eigenvalue weighted by molar-refractivity contribution is 5.71. The second-order valence-corrected chi connectivity index (χ2v) is 7.41. The fourth-order valence-corrected chi connectivity index (χ4v) is 3.46. The summed E-state index contributed by atoms with van der Waals surface area (Å²) in [5.41, 5.74) is 9.21. The Hall–Kier alpha value is -3.66. The van der Waals surface area contributed by atoms with E-state index in [0.29, 0.717) is 0 Å². The Morgan fingerprint density at radius 1 is 0.600 bits per heavy atom. The Morgan fingerprint density at radius 2 is 1.07 bits per heavy atom. The average Bonchev–Trinajstić information content (AvgIpc) is 2.79. The van der Waals surface area contributed by atoms with Crippen molar-refractivity contribution < 1.29 is 0 Å². The molecule has 0 fully saturated rings. The molecule has 4 aromatic rings. The van der Waals surface area contributed by atoms with Crippen LogP contribution in [-0.2, 0) is 13.1 Å². The van der Waals surface area contributed by atoms with Crippen LogP contribution in [0.15, 0.2) is 85.2 Å². The maximum atomic E-state index is 4.37. The van der Waals surface area contributed by atoms with E-state index >= 15 is 0 Å². The van der Waals surface area contributed by atoms with Gasteiger partial charge in [0.1, 0.15) is 0 Å². The van der Waals surface area contributed by atoms with E-state index in [4.69, 9.17) is 0 Å². The van der Waals surface area contributed by atoms with Crippen LogP contribution in [-0.4, -0.2) is 9.97 Å². The van der Waals surface area contributed by atoms with E-state index in [1.54, 1.807) is 0 Å². The van der Waals surface area contributed by atoms with Gasteiger partial charge in [0.15, 0.2) is 0 Å². The summed E-state index contributed by atoms with van der Waals surface area (Å²) in [6, 6.07) is 25.1. The third-order valence-electron chi connectivity index (χ3n) is 5.16. The van der Waals surface area contributed by atoms with Gasteiger partial charge in [-0.2, -0.15) is 0 Å². The second kappa shape index (κ2) is 9.23. The summed E-state index contributed by atoms with van der Waals surface area (Å²) in [4.78, 5) is 8.74. The zero-order valence-electron chi connectivity index (χ0n) is 17.4. The van der Waals surface area contributed by atoms with Gasteiger partial charge in [-0.15, -0.1) is 0 Å². The Kier molecular flexibility index (Phi) is 6.04. The lowest BCUT2D eigenvalue weighted by atomic mass is 10.00. The smallest absolute Gasteiger partial charge is 0.0594 e. The van der Waals surface area contributed by atoms with Gasteiger partial charge in [-0.25, -0.2) is 0 Å². The minimum atomic E-state index is 0.719. The zero-order valence-corrected chi connectivity index (χ0v) is 17.4. The Morgan fingerprint density at radius 3 is 1.43 bits per heavy atom. The predicted octanol–water partition coefficient (Wildman–Crippen LogP) is 5.98. The van der Waals surface area contributed by atoms with Crippen molar-refractivity contribution in [2.45, 2.75) is 26.9 Å². The molecule has 4 nitrogen and oxygen atoms in total. The van der Waals surface area contributed by atoms with Gasteiger partial charge in [0.05, 0.1) is 24.5 Å². The van der Waals surface area contributed by atoms with Gasteiger partial charge in [0.25, 0.3) is 0 Å². The molecule has 0 aliphatic carbocycles. The second-order valence-electron chi connectivity index (χ2n) is 7.41. The highest BCUT2D eigenvalue weighted by Gasteiger charge is 2.06. The topological polar surface area (TPSA) is 49.8 Å². The molecule has 4 heteroatoms. The summed E-state index contributed by atoms with van der Waals surface area (Å²) in [7, 11) is 0. The number of hydrogen-bond donors (Lipinski definition) is 2. The number of nitrogens with one attached hydrogen (secondary N) is 2. The molecule has 2 N–H and O–H groups in total. The number of hydrogen-bond acceptors (Lipinski definition) is 4. The quantitative estimate of drug-likeness (QED) is 0.404. The van der Waals surface area contributed by atoms with Crippen molar-refractivity contribution in [3.05, 3.63) is 108 Å². The molecule has 4 rings (SSSR count). The third kappa shape index (κ3) is 4.84. The van der Waals surface area contributed by atoms with Crippen LogP contribution < -0.4 is 10.6 Å².